The van der Waals surface area contributed by atoms with Crippen LogP contribution in [0.25, 0.3) is 10.9 Å². The van der Waals surface area contributed by atoms with Crippen LogP contribution in [-0.2, 0) is 4.79 Å². The second-order valence-corrected chi connectivity index (χ2v) is 11.7. The van der Waals surface area contributed by atoms with Crippen LogP contribution in [0.15, 0.2) is 69.0 Å². The van der Waals surface area contributed by atoms with E-state index < -0.39 is 0 Å². The molecular weight excluding hydrogens is 639 g/mol. The van der Waals surface area contributed by atoms with Crippen LogP contribution in [0.2, 0.25) is 15.1 Å². The lowest BCUT2D eigenvalue weighted by Crippen LogP contribution is -2.25. The Labute approximate surface area is 254 Å². The van der Waals surface area contributed by atoms with Gasteiger partial charge in [-0.05, 0) is 73.0 Å². The molecule has 0 radical (unpaired) electrons. The SMILES string of the molecule is O=C(COc1c(Cl)cc(C=Nn2c(C3CCCCC3)nc3ccc(Br)cc3c2=O)cc1Cl)Nc1ccc(Cl)cc1. The highest BCUT2D eigenvalue weighted by atomic mass is 79.9. The first kappa shape index (κ1) is 28.6. The van der Waals surface area contributed by atoms with Crippen LogP contribution >= 0.6 is 50.7 Å². The number of amides is 1. The van der Waals surface area contributed by atoms with Crippen molar-refractivity contribution >= 4 is 79.4 Å². The monoisotopic (exact) mass is 660 g/mol. The van der Waals surface area contributed by atoms with Gasteiger partial charge in [0.2, 0.25) is 0 Å². The first-order valence-electron chi connectivity index (χ1n) is 12.7. The number of anilines is 1. The van der Waals surface area contributed by atoms with Crippen LogP contribution in [0.1, 0.15) is 49.4 Å². The fourth-order valence-electron chi connectivity index (χ4n) is 4.69. The smallest absolute Gasteiger partial charge is 0.282 e. The largest absolute Gasteiger partial charge is 0.481 e. The number of carbonyl (C=O) groups is 1. The van der Waals surface area contributed by atoms with Crippen LogP contribution in [0.3, 0.4) is 0 Å². The van der Waals surface area contributed by atoms with Crippen molar-refractivity contribution in [2.24, 2.45) is 5.10 Å². The number of aromatic nitrogens is 2. The molecule has 40 heavy (non-hydrogen) atoms. The maximum Gasteiger partial charge on any atom is 0.282 e. The van der Waals surface area contributed by atoms with E-state index in [1.54, 1.807) is 42.5 Å². The van der Waals surface area contributed by atoms with Crippen LogP contribution < -0.4 is 15.6 Å². The Bertz CT molecular complexity index is 1630. The Morgan fingerprint density at radius 3 is 2.45 bits per heavy atom. The minimum atomic E-state index is -0.384. The van der Waals surface area contributed by atoms with E-state index in [4.69, 9.17) is 44.5 Å². The Morgan fingerprint density at radius 1 is 1.05 bits per heavy atom. The summed E-state index contributed by atoms with van der Waals surface area (Å²) in [5.74, 6) is 0.586. The van der Waals surface area contributed by atoms with Crippen molar-refractivity contribution in [3.8, 4) is 5.75 Å². The Hall–Kier alpha value is -2.91. The van der Waals surface area contributed by atoms with Crippen molar-refractivity contribution in [1.29, 1.82) is 0 Å². The molecule has 5 rings (SSSR count). The van der Waals surface area contributed by atoms with Gasteiger partial charge in [0.15, 0.2) is 12.4 Å². The Kier molecular flexibility index (Phi) is 9.10. The van der Waals surface area contributed by atoms with Gasteiger partial charge in [-0.25, -0.2) is 4.98 Å². The number of rotatable bonds is 7. The first-order valence-corrected chi connectivity index (χ1v) is 14.6. The highest BCUT2D eigenvalue weighted by Crippen LogP contribution is 2.34. The lowest BCUT2D eigenvalue weighted by molar-refractivity contribution is -0.118. The maximum atomic E-state index is 13.5. The highest BCUT2D eigenvalue weighted by molar-refractivity contribution is 9.10. The number of carbonyl (C=O) groups excluding carboxylic acids is 1. The average molecular weight is 663 g/mol. The van der Waals surface area contributed by atoms with Gasteiger partial charge in [-0.1, -0.05) is 70.0 Å². The summed E-state index contributed by atoms with van der Waals surface area (Å²) >= 11 is 22.2. The van der Waals surface area contributed by atoms with E-state index in [2.05, 4.69) is 26.3 Å². The van der Waals surface area contributed by atoms with Crippen LogP contribution in [0.4, 0.5) is 5.69 Å². The fourth-order valence-corrected chi connectivity index (χ4v) is 5.79. The second-order valence-electron chi connectivity index (χ2n) is 9.49. The number of halogens is 4. The van der Waals surface area contributed by atoms with Gasteiger partial charge in [0, 0.05) is 21.1 Å². The molecule has 1 N–H and O–H groups in total. The summed E-state index contributed by atoms with van der Waals surface area (Å²) in [5.41, 5.74) is 1.55. The predicted octanol–water partition coefficient (Wildman–Crippen LogP) is 8.07. The summed E-state index contributed by atoms with van der Waals surface area (Å²) in [4.78, 5) is 30.7. The van der Waals surface area contributed by atoms with E-state index in [1.165, 1.54) is 17.3 Å². The number of nitrogens with one attached hydrogen (secondary N) is 1. The molecule has 0 spiro atoms. The Morgan fingerprint density at radius 2 is 1.75 bits per heavy atom. The lowest BCUT2D eigenvalue weighted by atomic mass is 9.88. The molecule has 11 heteroatoms. The molecule has 1 aliphatic carbocycles. The molecule has 206 valence electrons. The minimum Gasteiger partial charge on any atom is -0.481 e. The van der Waals surface area contributed by atoms with Gasteiger partial charge in [0.1, 0.15) is 5.82 Å². The molecule has 1 saturated carbocycles. The normalized spacial score (nSPS) is 14.1. The zero-order valence-electron chi connectivity index (χ0n) is 21.2. The molecule has 0 bridgehead atoms. The number of benzene rings is 3. The quantitative estimate of drug-likeness (QED) is 0.203. The lowest BCUT2D eigenvalue weighted by Gasteiger charge is -2.22. The molecular formula is C29H24BrCl3N4O3. The molecule has 4 aromatic rings. The first-order chi connectivity index (χ1) is 19.3. The molecule has 1 heterocycles. The predicted molar refractivity (Wildman–Crippen MR) is 165 cm³/mol. The second kappa shape index (κ2) is 12.7. The van der Waals surface area contributed by atoms with E-state index in [0.29, 0.717) is 33.0 Å². The van der Waals surface area contributed by atoms with Gasteiger partial charge in [0.25, 0.3) is 11.5 Å². The van der Waals surface area contributed by atoms with Crippen molar-refractivity contribution in [3.63, 3.8) is 0 Å². The molecule has 0 unspecified atom stereocenters. The fraction of sp³-hybridized carbons (Fsp3) is 0.241. The topological polar surface area (TPSA) is 85.6 Å². The van der Waals surface area contributed by atoms with E-state index in [0.717, 1.165) is 30.2 Å². The number of nitrogens with zero attached hydrogens (tertiary/aromatic N) is 3. The van der Waals surface area contributed by atoms with Gasteiger partial charge in [-0.15, -0.1) is 0 Å². The van der Waals surface area contributed by atoms with Crippen molar-refractivity contribution in [2.75, 3.05) is 11.9 Å². The molecule has 0 atom stereocenters. The van der Waals surface area contributed by atoms with Gasteiger partial charge < -0.3 is 10.1 Å². The number of ether oxygens (including phenoxy) is 1. The molecule has 3 aromatic carbocycles. The average Bonchev–Trinajstić information content (AvgIpc) is 2.94. The third-order valence-corrected chi connectivity index (χ3v) is 7.93. The van der Waals surface area contributed by atoms with Gasteiger partial charge in [-0.2, -0.15) is 9.78 Å². The highest BCUT2D eigenvalue weighted by Gasteiger charge is 2.22. The maximum absolute atomic E-state index is 13.5. The van der Waals surface area contributed by atoms with Gasteiger partial charge in [-0.3, -0.25) is 9.59 Å². The van der Waals surface area contributed by atoms with Crippen molar-refractivity contribution in [1.82, 2.24) is 9.66 Å². The summed E-state index contributed by atoms with van der Waals surface area (Å²) in [6, 6.07) is 15.4. The van der Waals surface area contributed by atoms with E-state index in [1.807, 2.05) is 12.1 Å². The number of hydrogen-bond acceptors (Lipinski definition) is 5. The van der Waals surface area contributed by atoms with Crippen LogP contribution in [-0.4, -0.2) is 28.4 Å². The summed E-state index contributed by atoms with van der Waals surface area (Å²) in [6.45, 7) is -0.298. The van der Waals surface area contributed by atoms with Crippen molar-refractivity contribution in [2.45, 2.75) is 38.0 Å². The summed E-state index contributed by atoms with van der Waals surface area (Å²) < 4.78 is 7.78. The van der Waals surface area contributed by atoms with E-state index in [9.17, 15) is 9.59 Å². The van der Waals surface area contributed by atoms with Gasteiger partial charge >= 0.3 is 0 Å². The molecule has 7 nitrogen and oxygen atoms in total. The molecule has 0 aliphatic heterocycles. The zero-order valence-corrected chi connectivity index (χ0v) is 25.0. The number of hydrogen-bond donors (Lipinski definition) is 1. The summed E-state index contributed by atoms with van der Waals surface area (Å²) in [7, 11) is 0. The molecule has 1 aromatic heterocycles. The van der Waals surface area contributed by atoms with Crippen LogP contribution in [0.5, 0.6) is 5.75 Å². The van der Waals surface area contributed by atoms with E-state index in [-0.39, 0.29) is 39.8 Å². The third kappa shape index (κ3) is 6.69. The standard InChI is InChI=1S/C29H24BrCl3N4O3/c30-19-6-11-25-22(14-19)29(39)37(28(36-25)18-4-2-1-3-5-18)34-15-17-12-23(32)27(24(33)13-17)40-16-26(38)35-21-9-7-20(31)8-10-21/h6-15,18H,1-5,16H2,(H,35,38). The van der Waals surface area contributed by atoms with Crippen molar-refractivity contribution < 1.29 is 9.53 Å². The van der Waals surface area contributed by atoms with Gasteiger partial charge in [0.05, 0.1) is 27.2 Å². The zero-order chi connectivity index (χ0) is 28.2. The summed E-state index contributed by atoms with van der Waals surface area (Å²) in [5, 5.41) is 8.70. The van der Waals surface area contributed by atoms with Crippen LogP contribution in [0, 0.1) is 0 Å². The molecule has 1 aliphatic rings. The molecule has 1 amide bonds. The number of fused-ring (bicyclic) bond motifs is 1. The van der Waals surface area contributed by atoms with Crippen molar-refractivity contribution in [3.05, 3.63) is 95.9 Å². The Balaban J connectivity index is 1.38. The molecule has 1 fully saturated rings. The van der Waals surface area contributed by atoms with E-state index >= 15 is 0 Å². The summed E-state index contributed by atoms with van der Waals surface area (Å²) in [6.07, 6.45) is 6.80. The minimum absolute atomic E-state index is 0.147. The third-order valence-electron chi connectivity index (χ3n) is 6.62. The molecule has 0 saturated heterocycles.